The van der Waals surface area contributed by atoms with Crippen LogP contribution in [0.4, 0.5) is 21.9 Å². The Balaban J connectivity index is 1.77. The Labute approximate surface area is 280 Å². The minimum atomic E-state index is -4.42. The number of anilines is 2. The molecule has 0 radical (unpaired) electrons. The Morgan fingerprint density at radius 1 is 0.729 bits per heavy atom. The molecule has 13 nitrogen and oxygen atoms in total. The molecule has 4 aromatic rings. The van der Waals surface area contributed by atoms with Gasteiger partial charge in [0.2, 0.25) is 10.0 Å². The van der Waals surface area contributed by atoms with Crippen molar-refractivity contribution in [2.24, 2.45) is 0 Å². The number of benzene rings is 4. The molecule has 0 fully saturated rings. The molecule has 0 aliphatic carbocycles. The number of ether oxygens (including phenoxy) is 4. The van der Waals surface area contributed by atoms with Gasteiger partial charge < -0.3 is 18.9 Å². The van der Waals surface area contributed by atoms with Crippen molar-refractivity contribution in [1.29, 1.82) is 0 Å². The summed E-state index contributed by atoms with van der Waals surface area (Å²) in [5, 5.41) is 12.3. The number of methoxy groups -OCH3 is 4. The van der Waals surface area contributed by atoms with E-state index in [0.717, 1.165) is 16.5 Å². The third-order valence-electron chi connectivity index (χ3n) is 7.82. The summed E-state index contributed by atoms with van der Waals surface area (Å²) in [6.07, 6.45) is 0. The number of hydrogen-bond donors (Lipinski definition) is 0. The highest BCUT2D eigenvalue weighted by Gasteiger charge is 2.32. The molecule has 4 aromatic carbocycles. The monoisotopic (exact) mass is 678 g/mol. The van der Waals surface area contributed by atoms with Crippen LogP contribution in [0.3, 0.4) is 0 Å². The van der Waals surface area contributed by atoms with E-state index >= 15 is 0 Å². The first kappa shape index (κ1) is 35.5. The molecule has 48 heavy (non-hydrogen) atoms. The highest BCUT2D eigenvalue weighted by atomic mass is 32.2. The van der Waals surface area contributed by atoms with E-state index in [4.69, 9.17) is 18.9 Å². The zero-order valence-corrected chi connectivity index (χ0v) is 28.6. The third kappa shape index (κ3) is 7.61. The Bertz CT molecular complexity index is 1840. The number of nitrogens with zero attached hydrogens (tertiary/aromatic N) is 4. The number of nitro groups is 1. The Kier molecular flexibility index (Phi) is 11.1. The molecule has 0 saturated heterocycles. The fourth-order valence-corrected chi connectivity index (χ4v) is 6.44. The normalized spacial score (nSPS) is 11.2. The highest BCUT2D eigenvalue weighted by Crippen LogP contribution is 2.35. The van der Waals surface area contributed by atoms with Crippen LogP contribution in [0.1, 0.15) is 16.7 Å². The van der Waals surface area contributed by atoms with E-state index in [9.17, 15) is 23.3 Å². The van der Waals surface area contributed by atoms with Gasteiger partial charge in [-0.2, -0.15) is 4.31 Å². The van der Waals surface area contributed by atoms with Gasteiger partial charge in [0.05, 0.1) is 38.3 Å². The van der Waals surface area contributed by atoms with Crippen LogP contribution in [0.2, 0.25) is 0 Å². The summed E-state index contributed by atoms with van der Waals surface area (Å²) in [4.78, 5) is 27.1. The van der Waals surface area contributed by atoms with E-state index in [1.54, 1.807) is 55.6 Å². The second kappa shape index (κ2) is 15.0. The van der Waals surface area contributed by atoms with E-state index in [2.05, 4.69) is 0 Å². The predicted molar refractivity (Wildman–Crippen MR) is 182 cm³/mol. The lowest BCUT2D eigenvalue weighted by Crippen LogP contribution is -2.39. The topological polar surface area (TPSA) is 141 Å². The summed E-state index contributed by atoms with van der Waals surface area (Å²) in [7, 11) is 4.44. The van der Waals surface area contributed by atoms with Gasteiger partial charge in [-0.05, 0) is 43.3 Å². The lowest BCUT2D eigenvalue weighted by Gasteiger charge is -2.26. The largest absolute Gasteiger partial charge is 0.497 e. The van der Waals surface area contributed by atoms with Crippen molar-refractivity contribution in [3.8, 4) is 23.0 Å². The van der Waals surface area contributed by atoms with Crippen molar-refractivity contribution in [1.82, 2.24) is 4.31 Å². The lowest BCUT2D eigenvalue weighted by atomic mass is 10.1. The van der Waals surface area contributed by atoms with Crippen molar-refractivity contribution in [3.05, 3.63) is 106 Å². The molecule has 254 valence electrons. The van der Waals surface area contributed by atoms with Crippen molar-refractivity contribution < 1.29 is 37.1 Å². The summed E-state index contributed by atoms with van der Waals surface area (Å²) in [5.41, 5.74) is 1.98. The molecule has 4 rings (SSSR count). The Hall–Kier alpha value is -5.34. The molecule has 14 heteroatoms. The average Bonchev–Trinajstić information content (AvgIpc) is 3.10. The van der Waals surface area contributed by atoms with E-state index in [0.29, 0.717) is 39.8 Å². The smallest absolute Gasteiger partial charge is 0.328 e. The number of nitro benzene ring substituents is 1. The van der Waals surface area contributed by atoms with Gasteiger partial charge >= 0.3 is 6.03 Å². The molecule has 0 aliphatic heterocycles. The first-order valence-electron chi connectivity index (χ1n) is 14.6. The van der Waals surface area contributed by atoms with Crippen molar-refractivity contribution >= 4 is 33.1 Å². The number of urea groups is 1. The van der Waals surface area contributed by atoms with Gasteiger partial charge in [0.25, 0.3) is 5.69 Å². The quantitative estimate of drug-likeness (QED) is 0.123. The summed E-state index contributed by atoms with van der Waals surface area (Å²) in [6, 6.07) is 20.1. The van der Waals surface area contributed by atoms with Crippen LogP contribution in [0, 0.1) is 17.0 Å². The molecule has 0 atom stereocenters. The zero-order valence-electron chi connectivity index (χ0n) is 27.8. The molecule has 0 heterocycles. The Morgan fingerprint density at radius 3 is 1.71 bits per heavy atom. The molecule has 0 N–H and O–H groups in total. The van der Waals surface area contributed by atoms with E-state index in [-0.39, 0.29) is 23.7 Å². The maximum Gasteiger partial charge on any atom is 0.328 e. The van der Waals surface area contributed by atoms with E-state index < -0.39 is 26.7 Å². The minimum Gasteiger partial charge on any atom is -0.497 e. The predicted octanol–water partition coefficient (Wildman–Crippen LogP) is 6.02. The highest BCUT2D eigenvalue weighted by molar-refractivity contribution is 7.89. The zero-order chi connectivity index (χ0) is 35.2. The number of sulfonamides is 1. The summed E-state index contributed by atoms with van der Waals surface area (Å²) in [6.45, 7) is 1.58. The molecule has 0 aromatic heterocycles. The van der Waals surface area contributed by atoms with Crippen molar-refractivity contribution in [2.45, 2.75) is 24.9 Å². The molecule has 2 amide bonds. The van der Waals surface area contributed by atoms with Crippen LogP contribution < -0.4 is 28.7 Å². The fourth-order valence-electron chi connectivity index (χ4n) is 5.02. The van der Waals surface area contributed by atoms with Gasteiger partial charge in [0.15, 0.2) is 0 Å². The molecule has 0 saturated carbocycles. The standard InChI is InChI=1S/C34H38N4O9S/c1-23-8-12-26(13-9-23)35(2)34(39)36(3)30-17-16-29(20-31(30)38(40)41)48(42,43)37(21-24-10-14-27(44-4)18-32(24)46-6)22-25-11-15-28(45-5)19-33(25)47-7/h8-20H,21-22H2,1-7H3. The maximum atomic E-state index is 14.4. The van der Waals surface area contributed by atoms with Gasteiger partial charge in [-0.3, -0.25) is 19.9 Å². The average molecular weight is 679 g/mol. The molecule has 0 bridgehead atoms. The molecule has 0 spiro atoms. The van der Waals surface area contributed by atoms with E-state index in [1.807, 2.05) is 19.1 Å². The number of carbonyl (C=O) groups is 1. The Morgan fingerprint density at radius 2 is 1.25 bits per heavy atom. The number of hydrogen-bond acceptors (Lipinski definition) is 9. The van der Waals surface area contributed by atoms with Gasteiger partial charge in [-0.25, -0.2) is 13.2 Å². The second-order valence-electron chi connectivity index (χ2n) is 10.8. The summed E-state index contributed by atoms with van der Waals surface area (Å²) < 4.78 is 51.6. The SMILES string of the molecule is COc1ccc(CN(Cc2ccc(OC)cc2OC)S(=O)(=O)c2ccc(N(C)C(=O)N(C)c3ccc(C)cc3)c([N+](=O)[O-])c2)c(OC)c1. The number of carbonyl (C=O) groups excluding carboxylic acids is 1. The van der Waals surface area contributed by atoms with Crippen LogP contribution in [-0.2, 0) is 23.1 Å². The summed E-state index contributed by atoms with van der Waals surface area (Å²) >= 11 is 0. The van der Waals surface area contributed by atoms with E-state index in [1.165, 1.54) is 56.8 Å². The molecular weight excluding hydrogens is 640 g/mol. The first-order valence-corrected chi connectivity index (χ1v) is 16.1. The van der Waals surface area contributed by atoms with Crippen LogP contribution in [-0.4, -0.2) is 66.2 Å². The summed E-state index contributed by atoms with van der Waals surface area (Å²) in [5.74, 6) is 1.80. The lowest BCUT2D eigenvalue weighted by molar-refractivity contribution is -0.384. The fraction of sp³-hybridized carbons (Fsp3) is 0.265. The molecule has 0 unspecified atom stereocenters. The third-order valence-corrected chi connectivity index (χ3v) is 9.61. The number of amides is 2. The first-order chi connectivity index (χ1) is 22.8. The van der Waals surface area contributed by atoms with Gasteiger partial charge in [-0.1, -0.05) is 29.8 Å². The number of aryl methyl sites for hydroxylation is 1. The number of rotatable bonds is 13. The van der Waals surface area contributed by atoms with Gasteiger partial charge in [0.1, 0.15) is 28.7 Å². The maximum absolute atomic E-state index is 14.4. The molecular formula is C34H38N4O9S. The van der Waals surface area contributed by atoms with Crippen LogP contribution in [0.25, 0.3) is 0 Å². The molecule has 0 aliphatic rings. The van der Waals surface area contributed by atoms with Crippen molar-refractivity contribution in [3.63, 3.8) is 0 Å². The van der Waals surface area contributed by atoms with Gasteiger partial charge in [0, 0.05) is 62.2 Å². The van der Waals surface area contributed by atoms with Crippen molar-refractivity contribution in [2.75, 3.05) is 52.3 Å². The van der Waals surface area contributed by atoms with Crippen LogP contribution in [0.5, 0.6) is 23.0 Å². The minimum absolute atomic E-state index is 0.0805. The van der Waals surface area contributed by atoms with Crippen LogP contribution >= 0.6 is 0 Å². The van der Waals surface area contributed by atoms with Crippen LogP contribution in [0.15, 0.2) is 83.8 Å². The van der Waals surface area contributed by atoms with Gasteiger partial charge in [-0.15, -0.1) is 0 Å². The second-order valence-corrected chi connectivity index (χ2v) is 12.7.